The van der Waals surface area contributed by atoms with E-state index in [-0.39, 0.29) is 5.82 Å². The maximum Gasteiger partial charge on any atom is 0.154 e. The smallest absolute Gasteiger partial charge is 0.154 e. The molecule has 7 heteroatoms. The SMILES string of the molecule is C1CCNCC1.CNc1nc(-c2ccc(N(C)C)c(F)c2)cc2nccnc12. The van der Waals surface area contributed by atoms with Crippen molar-refractivity contribution in [1.82, 2.24) is 20.3 Å². The number of piperidine rings is 1. The predicted octanol–water partition coefficient (Wildman–Crippen LogP) is 3.70. The highest BCUT2D eigenvalue weighted by Crippen LogP contribution is 2.28. The van der Waals surface area contributed by atoms with E-state index in [9.17, 15) is 4.39 Å². The van der Waals surface area contributed by atoms with Gasteiger partial charge >= 0.3 is 0 Å². The van der Waals surface area contributed by atoms with Crippen molar-refractivity contribution in [3.8, 4) is 11.3 Å². The van der Waals surface area contributed by atoms with Crippen molar-refractivity contribution in [3.63, 3.8) is 0 Å². The first kappa shape index (κ1) is 19.9. The number of benzene rings is 1. The first-order valence-corrected chi connectivity index (χ1v) is 9.57. The van der Waals surface area contributed by atoms with E-state index < -0.39 is 0 Å². The molecule has 0 atom stereocenters. The minimum absolute atomic E-state index is 0.283. The Kier molecular flexibility index (Phi) is 6.71. The Bertz CT molecular complexity index is 912. The van der Waals surface area contributed by atoms with Crippen molar-refractivity contribution < 1.29 is 4.39 Å². The Morgan fingerprint density at radius 2 is 1.79 bits per heavy atom. The lowest BCUT2D eigenvalue weighted by Gasteiger charge is -2.14. The average molecular weight is 382 g/mol. The van der Waals surface area contributed by atoms with E-state index in [0.29, 0.717) is 33.8 Å². The van der Waals surface area contributed by atoms with Crippen LogP contribution in [0.3, 0.4) is 0 Å². The van der Waals surface area contributed by atoms with Crippen molar-refractivity contribution in [1.29, 1.82) is 0 Å². The highest BCUT2D eigenvalue weighted by Gasteiger charge is 2.11. The Morgan fingerprint density at radius 3 is 2.36 bits per heavy atom. The van der Waals surface area contributed by atoms with E-state index in [4.69, 9.17) is 0 Å². The van der Waals surface area contributed by atoms with Crippen LogP contribution in [-0.2, 0) is 0 Å². The van der Waals surface area contributed by atoms with E-state index in [0.717, 1.165) is 0 Å². The third kappa shape index (κ3) is 4.72. The van der Waals surface area contributed by atoms with Gasteiger partial charge in [-0.3, -0.25) is 4.98 Å². The van der Waals surface area contributed by atoms with Gasteiger partial charge in [-0.2, -0.15) is 0 Å². The van der Waals surface area contributed by atoms with Crippen LogP contribution in [0.25, 0.3) is 22.3 Å². The summed E-state index contributed by atoms with van der Waals surface area (Å²) in [5.74, 6) is 0.340. The fourth-order valence-corrected chi connectivity index (χ4v) is 3.12. The number of hydrogen-bond acceptors (Lipinski definition) is 6. The van der Waals surface area contributed by atoms with Crippen molar-refractivity contribution in [2.75, 3.05) is 44.4 Å². The summed E-state index contributed by atoms with van der Waals surface area (Å²) in [7, 11) is 5.39. The molecule has 0 saturated carbocycles. The van der Waals surface area contributed by atoms with E-state index >= 15 is 0 Å². The average Bonchev–Trinajstić information content (AvgIpc) is 2.74. The summed E-state index contributed by atoms with van der Waals surface area (Å²) in [6.45, 7) is 2.50. The fourth-order valence-electron chi connectivity index (χ4n) is 3.12. The van der Waals surface area contributed by atoms with Crippen molar-refractivity contribution >= 4 is 22.5 Å². The maximum atomic E-state index is 14.2. The molecule has 148 valence electrons. The molecule has 4 rings (SSSR count). The Balaban J connectivity index is 0.000000320. The maximum absolute atomic E-state index is 14.2. The van der Waals surface area contributed by atoms with E-state index in [1.165, 1.54) is 38.4 Å². The monoisotopic (exact) mass is 382 g/mol. The molecule has 3 aromatic rings. The molecule has 1 aliphatic heterocycles. The van der Waals surface area contributed by atoms with Crippen LogP contribution in [0.5, 0.6) is 0 Å². The molecule has 1 aromatic carbocycles. The molecule has 0 amide bonds. The number of hydrogen-bond donors (Lipinski definition) is 2. The highest BCUT2D eigenvalue weighted by atomic mass is 19.1. The lowest BCUT2D eigenvalue weighted by atomic mass is 10.1. The Morgan fingerprint density at radius 1 is 1.04 bits per heavy atom. The van der Waals surface area contributed by atoms with Crippen LogP contribution in [0, 0.1) is 5.82 Å². The summed E-state index contributed by atoms with van der Waals surface area (Å²) < 4.78 is 14.2. The topological polar surface area (TPSA) is 66.0 Å². The number of rotatable bonds is 3. The molecule has 1 saturated heterocycles. The minimum Gasteiger partial charge on any atom is -0.375 e. The zero-order valence-corrected chi connectivity index (χ0v) is 16.7. The number of pyridine rings is 1. The normalized spacial score (nSPS) is 13.6. The van der Waals surface area contributed by atoms with Gasteiger partial charge in [0.05, 0.1) is 16.9 Å². The molecule has 0 aliphatic carbocycles. The number of halogens is 1. The van der Waals surface area contributed by atoms with Gasteiger partial charge in [-0.25, -0.2) is 14.4 Å². The number of aromatic nitrogens is 3. The molecule has 28 heavy (non-hydrogen) atoms. The van der Waals surface area contributed by atoms with Gasteiger partial charge in [0.25, 0.3) is 0 Å². The molecular weight excluding hydrogens is 355 g/mol. The molecule has 1 fully saturated rings. The predicted molar refractivity (Wildman–Crippen MR) is 113 cm³/mol. The number of nitrogens with one attached hydrogen (secondary N) is 2. The van der Waals surface area contributed by atoms with Gasteiger partial charge in [-0.1, -0.05) is 12.5 Å². The lowest BCUT2D eigenvalue weighted by Crippen LogP contribution is -2.21. The van der Waals surface area contributed by atoms with Crippen LogP contribution in [0.1, 0.15) is 19.3 Å². The molecule has 0 unspecified atom stereocenters. The molecule has 2 aromatic heterocycles. The second kappa shape index (κ2) is 9.41. The van der Waals surface area contributed by atoms with Gasteiger partial charge in [0.2, 0.25) is 0 Å². The lowest BCUT2D eigenvalue weighted by molar-refractivity contribution is 0.520. The molecule has 0 spiro atoms. The van der Waals surface area contributed by atoms with E-state index in [1.807, 2.05) is 12.1 Å². The van der Waals surface area contributed by atoms with Crippen molar-refractivity contribution in [3.05, 3.63) is 42.5 Å². The van der Waals surface area contributed by atoms with Crippen molar-refractivity contribution in [2.45, 2.75) is 19.3 Å². The molecule has 6 nitrogen and oxygen atoms in total. The van der Waals surface area contributed by atoms with Gasteiger partial charge in [0, 0.05) is 39.1 Å². The second-order valence-electron chi connectivity index (χ2n) is 6.90. The molecular formula is C21H27FN6. The van der Waals surface area contributed by atoms with E-state index in [2.05, 4.69) is 25.6 Å². The van der Waals surface area contributed by atoms with Crippen molar-refractivity contribution in [2.24, 2.45) is 0 Å². The van der Waals surface area contributed by atoms with Gasteiger partial charge in [-0.05, 0) is 44.1 Å². The minimum atomic E-state index is -0.283. The summed E-state index contributed by atoms with van der Waals surface area (Å²) in [5, 5.41) is 6.29. The fraction of sp³-hybridized carbons (Fsp3) is 0.381. The van der Waals surface area contributed by atoms with Crippen LogP contribution in [-0.4, -0.2) is 49.2 Å². The van der Waals surface area contributed by atoms with Gasteiger partial charge in [0.15, 0.2) is 5.82 Å². The summed E-state index contributed by atoms with van der Waals surface area (Å²) in [5.41, 5.74) is 3.31. The number of anilines is 2. The summed E-state index contributed by atoms with van der Waals surface area (Å²) in [6.07, 6.45) is 7.46. The van der Waals surface area contributed by atoms with Crippen LogP contribution < -0.4 is 15.5 Å². The molecule has 0 bridgehead atoms. The molecule has 0 radical (unpaired) electrons. The third-order valence-corrected chi connectivity index (χ3v) is 4.63. The second-order valence-corrected chi connectivity index (χ2v) is 6.90. The highest BCUT2D eigenvalue weighted by molar-refractivity contribution is 5.88. The third-order valence-electron chi connectivity index (χ3n) is 4.63. The van der Waals surface area contributed by atoms with Crippen LogP contribution in [0.2, 0.25) is 0 Å². The number of nitrogens with zero attached hydrogens (tertiary/aromatic N) is 4. The van der Waals surface area contributed by atoms with Crippen LogP contribution in [0.15, 0.2) is 36.7 Å². The summed E-state index contributed by atoms with van der Waals surface area (Å²) in [4.78, 5) is 14.8. The first-order valence-electron chi connectivity index (χ1n) is 9.57. The standard InChI is InChI=1S/C16H16FN5.C5H11N/c1-18-16-15-13(19-6-7-20-15)9-12(21-16)10-4-5-14(22(2)3)11(17)8-10;1-2-4-6-5-3-1/h4-9H,1-3H3,(H,18,21);6H,1-5H2. The zero-order valence-electron chi connectivity index (χ0n) is 16.7. The Hall–Kier alpha value is -2.80. The van der Waals surface area contributed by atoms with Crippen LogP contribution in [0.4, 0.5) is 15.9 Å². The van der Waals surface area contributed by atoms with Gasteiger partial charge in [-0.15, -0.1) is 0 Å². The zero-order chi connectivity index (χ0) is 19.9. The summed E-state index contributed by atoms with van der Waals surface area (Å²) >= 11 is 0. The van der Waals surface area contributed by atoms with Gasteiger partial charge < -0.3 is 15.5 Å². The summed E-state index contributed by atoms with van der Waals surface area (Å²) in [6, 6.07) is 6.89. The molecule has 2 N–H and O–H groups in total. The molecule has 3 heterocycles. The number of fused-ring (bicyclic) bond motifs is 1. The quantitative estimate of drug-likeness (QED) is 0.720. The first-order chi connectivity index (χ1) is 13.6. The molecule has 1 aliphatic rings. The Labute approximate surface area is 165 Å². The van der Waals surface area contributed by atoms with Gasteiger partial charge in [0.1, 0.15) is 11.3 Å². The largest absolute Gasteiger partial charge is 0.375 e. The van der Waals surface area contributed by atoms with E-state index in [1.54, 1.807) is 44.5 Å². The van der Waals surface area contributed by atoms with Crippen LogP contribution >= 0.6 is 0 Å².